The Labute approximate surface area is 310 Å². The Bertz CT molecular complexity index is 870. The molecular formula is C41H77NO9. The number of allylic oxidation sites excluding steroid dienone is 3. The average molecular weight is 728 g/mol. The molecule has 0 radical (unpaired) electrons. The maximum Gasteiger partial charge on any atom is 0.249 e. The van der Waals surface area contributed by atoms with Gasteiger partial charge in [0, 0.05) is 0 Å². The van der Waals surface area contributed by atoms with E-state index < -0.39 is 61.5 Å². The maximum atomic E-state index is 12.9. The van der Waals surface area contributed by atoms with Crippen molar-refractivity contribution >= 4 is 5.91 Å². The highest BCUT2D eigenvalue weighted by atomic mass is 16.7. The van der Waals surface area contributed by atoms with Crippen molar-refractivity contribution in [3.05, 3.63) is 24.3 Å². The van der Waals surface area contributed by atoms with Crippen LogP contribution in [0.4, 0.5) is 0 Å². The fourth-order valence-electron chi connectivity index (χ4n) is 6.41. The topological polar surface area (TPSA) is 169 Å². The lowest BCUT2D eigenvalue weighted by atomic mass is 9.99. The molecule has 0 bridgehead atoms. The summed E-state index contributed by atoms with van der Waals surface area (Å²) in [4.78, 5) is 12.9. The van der Waals surface area contributed by atoms with Gasteiger partial charge in [-0.3, -0.25) is 4.79 Å². The van der Waals surface area contributed by atoms with Crippen LogP contribution in [-0.4, -0.2) is 98.7 Å². The second-order valence-electron chi connectivity index (χ2n) is 14.6. The van der Waals surface area contributed by atoms with Crippen LogP contribution in [0.15, 0.2) is 24.3 Å². The largest absolute Gasteiger partial charge is 0.394 e. The molecule has 1 heterocycles. The molecule has 0 aromatic rings. The highest BCUT2D eigenvalue weighted by molar-refractivity contribution is 5.80. The number of ether oxygens (including phenoxy) is 2. The lowest BCUT2D eigenvalue weighted by molar-refractivity contribution is -0.302. The van der Waals surface area contributed by atoms with Crippen LogP contribution >= 0.6 is 0 Å². The number of amides is 1. The SMILES string of the molecule is CCCCCCCCCCCCC/C=C/CC/C=C/C(O)C(COC1OC(CO)C(O)C(O)C1O)NC(=O)C(O)CCCCCCCCCCC. The molecule has 0 spiro atoms. The summed E-state index contributed by atoms with van der Waals surface area (Å²) in [6.45, 7) is 3.54. The monoisotopic (exact) mass is 728 g/mol. The van der Waals surface area contributed by atoms with E-state index in [1.165, 1.54) is 103 Å². The van der Waals surface area contributed by atoms with Crippen LogP contribution in [-0.2, 0) is 14.3 Å². The molecule has 1 aliphatic rings. The van der Waals surface area contributed by atoms with Gasteiger partial charge in [0.1, 0.15) is 30.5 Å². The minimum atomic E-state index is -1.61. The molecule has 10 heteroatoms. The standard InChI is InChI=1S/C41H77NO9/c1-3-5-7-9-11-13-14-15-16-17-18-19-20-22-23-25-27-29-34(44)33(32-50-41-39(48)38(47)37(46)36(31-43)51-41)42-40(49)35(45)30-28-26-24-21-12-10-8-6-4-2/h20,22,27,29,33-39,41,43-48H,3-19,21,23-26,28,30-32H2,1-2H3,(H,42,49)/b22-20+,29-27+. The zero-order valence-electron chi connectivity index (χ0n) is 32.2. The summed E-state index contributed by atoms with van der Waals surface area (Å²) in [5.74, 6) is -0.630. The summed E-state index contributed by atoms with van der Waals surface area (Å²) in [5, 5.41) is 64.3. The number of hydrogen-bond donors (Lipinski definition) is 7. The van der Waals surface area contributed by atoms with Crippen molar-refractivity contribution in [1.82, 2.24) is 5.32 Å². The van der Waals surface area contributed by atoms with Gasteiger partial charge in [0.2, 0.25) is 5.91 Å². The summed E-state index contributed by atoms with van der Waals surface area (Å²) in [5.41, 5.74) is 0. The Hall–Kier alpha value is -1.37. The van der Waals surface area contributed by atoms with Crippen LogP contribution in [0, 0.1) is 0 Å². The van der Waals surface area contributed by atoms with Crippen molar-refractivity contribution in [2.24, 2.45) is 0 Å². The Morgan fingerprint density at radius 1 is 0.667 bits per heavy atom. The Kier molecular flexibility index (Phi) is 30.0. The number of carbonyl (C=O) groups excluding carboxylic acids is 1. The van der Waals surface area contributed by atoms with Crippen molar-refractivity contribution in [2.75, 3.05) is 13.2 Å². The van der Waals surface area contributed by atoms with Crippen LogP contribution in [0.1, 0.15) is 168 Å². The van der Waals surface area contributed by atoms with Gasteiger partial charge in [0.15, 0.2) is 6.29 Å². The normalized spacial score (nSPS) is 22.9. The van der Waals surface area contributed by atoms with Gasteiger partial charge in [-0.2, -0.15) is 0 Å². The molecule has 51 heavy (non-hydrogen) atoms. The smallest absolute Gasteiger partial charge is 0.249 e. The van der Waals surface area contributed by atoms with Crippen LogP contribution in [0.3, 0.4) is 0 Å². The molecule has 1 saturated heterocycles. The highest BCUT2D eigenvalue weighted by Gasteiger charge is 2.44. The minimum Gasteiger partial charge on any atom is -0.394 e. The van der Waals surface area contributed by atoms with Crippen LogP contribution < -0.4 is 5.32 Å². The number of rotatable bonds is 33. The number of aliphatic hydroxyl groups excluding tert-OH is 6. The van der Waals surface area contributed by atoms with E-state index in [0.29, 0.717) is 19.3 Å². The van der Waals surface area contributed by atoms with Crippen LogP contribution in [0.5, 0.6) is 0 Å². The van der Waals surface area contributed by atoms with Gasteiger partial charge in [0.25, 0.3) is 0 Å². The number of hydrogen-bond acceptors (Lipinski definition) is 9. The first kappa shape index (κ1) is 47.7. The van der Waals surface area contributed by atoms with E-state index in [-0.39, 0.29) is 6.61 Å². The predicted molar refractivity (Wildman–Crippen MR) is 204 cm³/mol. The summed E-state index contributed by atoms with van der Waals surface area (Å²) in [6, 6.07) is -0.990. The van der Waals surface area contributed by atoms with Crippen molar-refractivity contribution in [2.45, 2.75) is 217 Å². The average Bonchev–Trinajstić information content (AvgIpc) is 3.13. The van der Waals surface area contributed by atoms with Gasteiger partial charge in [-0.05, 0) is 32.1 Å². The fraction of sp³-hybridized carbons (Fsp3) is 0.878. The first-order valence-electron chi connectivity index (χ1n) is 20.7. The van der Waals surface area contributed by atoms with Gasteiger partial charge in [0.05, 0.1) is 25.4 Å². The number of aliphatic hydroxyl groups is 6. The number of nitrogens with one attached hydrogen (secondary N) is 1. The second-order valence-corrected chi connectivity index (χ2v) is 14.6. The molecule has 300 valence electrons. The molecular weight excluding hydrogens is 650 g/mol. The van der Waals surface area contributed by atoms with Crippen molar-refractivity contribution < 1.29 is 44.9 Å². The van der Waals surface area contributed by atoms with E-state index in [9.17, 15) is 35.4 Å². The molecule has 0 aliphatic carbocycles. The van der Waals surface area contributed by atoms with Gasteiger partial charge < -0.3 is 45.4 Å². The van der Waals surface area contributed by atoms with Gasteiger partial charge in [-0.25, -0.2) is 0 Å². The quantitative estimate of drug-likeness (QED) is 0.0294. The first-order chi connectivity index (χ1) is 24.8. The lowest BCUT2D eigenvalue weighted by Crippen LogP contribution is -2.60. The number of unbranched alkanes of at least 4 members (excludes halogenated alkanes) is 20. The van der Waals surface area contributed by atoms with E-state index in [2.05, 4.69) is 31.3 Å². The lowest BCUT2D eigenvalue weighted by Gasteiger charge is -2.40. The zero-order valence-corrected chi connectivity index (χ0v) is 32.2. The van der Waals surface area contributed by atoms with E-state index in [0.717, 1.165) is 32.1 Å². The fourth-order valence-corrected chi connectivity index (χ4v) is 6.41. The van der Waals surface area contributed by atoms with Gasteiger partial charge >= 0.3 is 0 Å². The van der Waals surface area contributed by atoms with E-state index in [4.69, 9.17) is 9.47 Å². The van der Waals surface area contributed by atoms with Crippen molar-refractivity contribution in [3.63, 3.8) is 0 Å². The van der Waals surface area contributed by atoms with Gasteiger partial charge in [-0.1, -0.05) is 160 Å². The molecule has 1 rings (SSSR count). The van der Waals surface area contributed by atoms with E-state index in [1.54, 1.807) is 6.08 Å². The molecule has 1 amide bonds. The second kappa shape index (κ2) is 32.1. The molecule has 7 N–H and O–H groups in total. The summed E-state index contributed by atoms with van der Waals surface area (Å²) >= 11 is 0. The summed E-state index contributed by atoms with van der Waals surface area (Å²) < 4.78 is 11.1. The van der Waals surface area contributed by atoms with E-state index in [1.807, 2.05) is 6.08 Å². The molecule has 10 nitrogen and oxygen atoms in total. The summed E-state index contributed by atoms with van der Waals surface area (Å²) in [6.07, 6.45) is 25.6. The van der Waals surface area contributed by atoms with E-state index >= 15 is 0 Å². The Morgan fingerprint density at radius 3 is 1.71 bits per heavy atom. The minimum absolute atomic E-state index is 0.305. The van der Waals surface area contributed by atoms with Crippen molar-refractivity contribution in [3.8, 4) is 0 Å². The molecule has 1 aliphatic heterocycles. The van der Waals surface area contributed by atoms with Crippen molar-refractivity contribution in [1.29, 1.82) is 0 Å². The third kappa shape index (κ3) is 23.1. The zero-order chi connectivity index (χ0) is 37.5. The predicted octanol–water partition coefficient (Wildman–Crippen LogP) is 6.52. The maximum absolute atomic E-state index is 12.9. The highest BCUT2D eigenvalue weighted by Crippen LogP contribution is 2.22. The molecule has 1 fully saturated rings. The Morgan fingerprint density at radius 2 is 1.16 bits per heavy atom. The number of carbonyl (C=O) groups is 1. The molecule has 0 aromatic carbocycles. The third-order valence-corrected chi connectivity index (χ3v) is 9.89. The van der Waals surface area contributed by atoms with Crippen LogP contribution in [0.25, 0.3) is 0 Å². The first-order valence-corrected chi connectivity index (χ1v) is 20.7. The molecule has 8 unspecified atom stereocenters. The molecule has 0 aromatic heterocycles. The molecule has 8 atom stereocenters. The third-order valence-electron chi connectivity index (χ3n) is 9.89. The summed E-state index contributed by atoms with van der Waals surface area (Å²) in [7, 11) is 0. The van der Waals surface area contributed by atoms with Gasteiger partial charge in [-0.15, -0.1) is 0 Å². The van der Waals surface area contributed by atoms with Crippen LogP contribution in [0.2, 0.25) is 0 Å². The molecule has 0 saturated carbocycles. The Balaban J connectivity index is 2.50.